The second-order valence-corrected chi connectivity index (χ2v) is 9.07. The van der Waals surface area contributed by atoms with Crippen molar-refractivity contribution in [3.05, 3.63) is 105 Å². The summed E-state index contributed by atoms with van der Waals surface area (Å²) in [6.07, 6.45) is 0. The van der Waals surface area contributed by atoms with Crippen LogP contribution < -0.4 is 26.0 Å². The van der Waals surface area contributed by atoms with Gasteiger partial charge in [-0.05, 0) is 35.4 Å². The topological polar surface area (TPSA) is 79.4 Å². The van der Waals surface area contributed by atoms with E-state index in [0.717, 1.165) is 33.9 Å². The summed E-state index contributed by atoms with van der Waals surface area (Å²) in [6.45, 7) is 0. The van der Waals surface area contributed by atoms with E-state index >= 15 is 0 Å². The van der Waals surface area contributed by atoms with E-state index in [-0.39, 0.29) is 17.3 Å². The van der Waals surface area contributed by atoms with Crippen LogP contribution in [0.3, 0.4) is 0 Å². The molecule has 0 radical (unpaired) electrons. The quantitative estimate of drug-likeness (QED) is 0.405. The van der Waals surface area contributed by atoms with Gasteiger partial charge in [-0.1, -0.05) is 48.5 Å². The summed E-state index contributed by atoms with van der Waals surface area (Å²) < 4.78 is 15.9. The molecule has 1 aliphatic heterocycles. The summed E-state index contributed by atoms with van der Waals surface area (Å²) in [7, 11) is 6.44. The van der Waals surface area contributed by atoms with Crippen molar-refractivity contribution in [1.82, 2.24) is 13.7 Å². The Balaban J connectivity index is 1.81. The highest BCUT2D eigenvalue weighted by Crippen LogP contribution is 2.46. The van der Waals surface area contributed by atoms with Crippen LogP contribution in [0.1, 0.15) is 17.3 Å². The van der Waals surface area contributed by atoms with E-state index in [1.807, 2.05) is 72.8 Å². The summed E-state index contributed by atoms with van der Waals surface area (Å²) in [6, 6.07) is 23.2. The first-order chi connectivity index (χ1) is 18.0. The zero-order chi connectivity index (χ0) is 25.8. The Labute approximate surface area is 212 Å². The molecule has 5 aromatic rings. The van der Waals surface area contributed by atoms with Crippen LogP contribution in [-0.2, 0) is 14.1 Å². The molecule has 0 saturated heterocycles. The van der Waals surface area contributed by atoms with Gasteiger partial charge >= 0.3 is 5.69 Å². The first kappa shape index (κ1) is 22.7. The van der Waals surface area contributed by atoms with Gasteiger partial charge in [0.15, 0.2) is 11.5 Å². The van der Waals surface area contributed by atoms with E-state index in [1.54, 1.807) is 25.8 Å². The summed E-state index contributed by atoms with van der Waals surface area (Å²) in [5, 5.41) is 4.15. The van der Waals surface area contributed by atoms with Crippen molar-refractivity contribution in [2.45, 2.75) is 6.04 Å². The van der Waals surface area contributed by atoms with E-state index < -0.39 is 0 Å². The molecule has 2 aromatic heterocycles. The largest absolute Gasteiger partial charge is 0.493 e. The number of nitrogens with one attached hydrogen (secondary N) is 1. The Hall–Kier alpha value is -4.72. The van der Waals surface area contributed by atoms with Gasteiger partial charge in [-0.2, -0.15) is 0 Å². The van der Waals surface area contributed by atoms with Gasteiger partial charge in [-0.25, -0.2) is 4.79 Å². The van der Waals surface area contributed by atoms with Crippen LogP contribution in [0.25, 0.3) is 27.8 Å². The molecule has 8 nitrogen and oxygen atoms in total. The highest BCUT2D eigenvalue weighted by molar-refractivity contribution is 5.99. The van der Waals surface area contributed by atoms with Crippen LogP contribution >= 0.6 is 0 Å². The zero-order valence-electron chi connectivity index (χ0n) is 21.0. The van der Waals surface area contributed by atoms with Crippen LogP contribution in [0.5, 0.6) is 11.5 Å². The van der Waals surface area contributed by atoms with Gasteiger partial charge in [0.05, 0.1) is 53.9 Å². The first-order valence-corrected chi connectivity index (χ1v) is 11.9. The Bertz CT molecular complexity index is 1800. The van der Waals surface area contributed by atoms with Crippen molar-refractivity contribution < 1.29 is 9.47 Å². The van der Waals surface area contributed by atoms with Gasteiger partial charge in [0.1, 0.15) is 0 Å². The Kier molecular flexibility index (Phi) is 5.19. The molecule has 1 N–H and O–H groups in total. The van der Waals surface area contributed by atoms with Crippen LogP contribution in [0, 0.1) is 0 Å². The molecule has 0 fully saturated rings. The lowest BCUT2D eigenvalue weighted by Gasteiger charge is -2.31. The lowest BCUT2D eigenvalue weighted by Crippen LogP contribution is -2.37. The molecule has 8 heteroatoms. The molecule has 6 rings (SSSR count). The van der Waals surface area contributed by atoms with E-state index in [0.29, 0.717) is 22.4 Å². The number of rotatable bonds is 4. The molecule has 3 aromatic carbocycles. The molecule has 0 spiro atoms. The van der Waals surface area contributed by atoms with Crippen molar-refractivity contribution >= 4 is 16.6 Å². The van der Waals surface area contributed by atoms with E-state index in [9.17, 15) is 9.59 Å². The van der Waals surface area contributed by atoms with Crippen molar-refractivity contribution in [3.8, 4) is 28.4 Å². The Morgan fingerprint density at radius 1 is 0.811 bits per heavy atom. The van der Waals surface area contributed by atoms with Gasteiger partial charge < -0.3 is 19.4 Å². The smallest absolute Gasteiger partial charge is 0.331 e. The number of aryl methyl sites for hydroxylation is 1. The maximum atomic E-state index is 13.7. The number of para-hydroxylation sites is 2. The third-order valence-corrected chi connectivity index (χ3v) is 7.11. The molecular weight excluding hydrogens is 468 g/mol. The number of hydrogen-bond donors (Lipinski definition) is 1. The second kappa shape index (κ2) is 8.44. The predicted octanol–water partition coefficient (Wildman–Crippen LogP) is 4.23. The average molecular weight is 495 g/mol. The fourth-order valence-electron chi connectivity index (χ4n) is 5.37. The number of nitrogens with zero attached hydrogens (tertiary/aromatic N) is 3. The van der Waals surface area contributed by atoms with Gasteiger partial charge in [-0.3, -0.25) is 13.9 Å². The van der Waals surface area contributed by atoms with Crippen LogP contribution in [0.15, 0.2) is 82.4 Å². The first-order valence-electron chi connectivity index (χ1n) is 11.9. The van der Waals surface area contributed by atoms with Crippen LogP contribution in [0.2, 0.25) is 0 Å². The number of anilines is 1. The lowest BCUT2D eigenvalue weighted by molar-refractivity contribution is 0.354. The van der Waals surface area contributed by atoms with Gasteiger partial charge in [0.25, 0.3) is 5.56 Å². The number of methoxy groups -OCH3 is 2. The maximum Gasteiger partial charge on any atom is 0.331 e. The minimum Gasteiger partial charge on any atom is -0.493 e. The molecule has 37 heavy (non-hydrogen) atoms. The summed E-state index contributed by atoms with van der Waals surface area (Å²) in [4.78, 5) is 26.9. The molecular formula is C29H26N4O4. The maximum absolute atomic E-state index is 13.7. The molecule has 0 aliphatic carbocycles. The zero-order valence-corrected chi connectivity index (χ0v) is 21.0. The molecule has 0 unspecified atom stereocenters. The number of aromatic nitrogens is 3. The van der Waals surface area contributed by atoms with Crippen molar-refractivity contribution in [1.29, 1.82) is 0 Å². The number of fused-ring (bicyclic) bond motifs is 5. The number of ether oxygens (including phenoxy) is 2. The highest BCUT2D eigenvalue weighted by Gasteiger charge is 2.35. The van der Waals surface area contributed by atoms with Crippen LogP contribution in [-0.4, -0.2) is 27.9 Å². The highest BCUT2D eigenvalue weighted by atomic mass is 16.5. The molecule has 1 atom stereocenters. The minimum atomic E-state index is -0.382. The molecule has 0 saturated carbocycles. The van der Waals surface area contributed by atoms with E-state index in [4.69, 9.17) is 9.47 Å². The molecule has 0 amide bonds. The Morgan fingerprint density at radius 3 is 2.24 bits per heavy atom. The average Bonchev–Trinajstić information content (AvgIpc) is 3.31. The van der Waals surface area contributed by atoms with Gasteiger partial charge in [-0.15, -0.1) is 0 Å². The molecule has 3 heterocycles. The van der Waals surface area contributed by atoms with Crippen molar-refractivity contribution in [3.63, 3.8) is 0 Å². The summed E-state index contributed by atoms with van der Waals surface area (Å²) in [5.74, 6) is 1.21. The van der Waals surface area contributed by atoms with Crippen molar-refractivity contribution in [2.24, 2.45) is 14.1 Å². The standard InChI is InChI=1S/C29H26N4O4/c1-31-26-23(28(34)32(2)29(31)35)25(17-10-6-5-7-11-17)33-20-13-9-8-12-19(20)30-24(27(26)33)18-14-15-21(36-3)22(16-18)37-4/h5-16,24,30H,1-4H3/t24-/m0/s1. The monoisotopic (exact) mass is 494 g/mol. The third kappa shape index (κ3) is 3.22. The number of benzene rings is 3. The fourth-order valence-corrected chi connectivity index (χ4v) is 5.37. The van der Waals surface area contributed by atoms with E-state index in [1.165, 1.54) is 11.6 Å². The van der Waals surface area contributed by atoms with Gasteiger partial charge in [0.2, 0.25) is 0 Å². The predicted molar refractivity (Wildman–Crippen MR) is 144 cm³/mol. The second-order valence-electron chi connectivity index (χ2n) is 9.07. The Morgan fingerprint density at radius 2 is 1.51 bits per heavy atom. The molecule has 0 bridgehead atoms. The SMILES string of the molecule is COc1ccc([C@@H]2Nc3ccccc3-n3c(-c4ccccc4)c4c(=O)n(C)c(=O)n(C)c4c32)cc1OC. The minimum absolute atomic E-state index is 0.331. The normalized spacial score (nSPS) is 14.1. The van der Waals surface area contributed by atoms with E-state index in [2.05, 4.69) is 9.88 Å². The third-order valence-electron chi connectivity index (χ3n) is 7.11. The molecule has 186 valence electrons. The summed E-state index contributed by atoms with van der Waals surface area (Å²) in [5.41, 5.74) is 5.04. The lowest BCUT2D eigenvalue weighted by atomic mass is 9.99. The summed E-state index contributed by atoms with van der Waals surface area (Å²) >= 11 is 0. The number of hydrogen-bond acceptors (Lipinski definition) is 5. The molecule has 1 aliphatic rings. The van der Waals surface area contributed by atoms with Crippen LogP contribution in [0.4, 0.5) is 5.69 Å². The van der Waals surface area contributed by atoms with Crippen molar-refractivity contribution in [2.75, 3.05) is 19.5 Å². The van der Waals surface area contributed by atoms with Gasteiger partial charge in [0, 0.05) is 14.1 Å². The fraction of sp³-hybridized carbons (Fsp3) is 0.172.